The molecule has 1 aromatic carbocycles. The van der Waals surface area contributed by atoms with Crippen LogP contribution in [0.25, 0.3) is 19.8 Å². The summed E-state index contributed by atoms with van der Waals surface area (Å²) in [7, 11) is 0. The van der Waals surface area contributed by atoms with Crippen LogP contribution in [-0.4, -0.2) is 0 Å². The fourth-order valence-electron chi connectivity index (χ4n) is 2.44. The number of rotatable bonds is 1. The molecule has 2 heteroatoms. The van der Waals surface area contributed by atoms with Gasteiger partial charge in [0.2, 0.25) is 0 Å². The molecule has 0 N–H and O–H groups in total. The summed E-state index contributed by atoms with van der Waals surface area (Å²) in [6, 6.07) is 13.4. The van der Waals surface area contributed by atoms with Crippen molar-refractivity contribution in [2.24, 2.45) is 0 Å². The molecule has 0 bridgehead atoms. The summed E-state index contributed by atoms with van der Waals surface area (Å²) in [5.41, 5.74) is 3.01. The molecule has 0 saturated heterocycles. The van der Waals surface area contributed by atoms with Crippen LogP contribution in [-0.2, 0) is 5.41 Å². The average molecular weight is 286 g/mol. The minimum absolute atomic E-state index is 0.184. The number of hydrogen-bond donors (Lipinski definition) is 0. The topological polar surface area (TPSA) is 0 Å². The Balaban J connectivity index is 2.18. The third-order valence-corrected chi connectivity index (χ3v) is 5.57. The lowest BCUT2D eigenvalue weighted by Crippen LogP contribution is -2.12. The molecule has 0 nitrogen and oxygen atoms in total. The molecule has 2 heterocycles. The molecule has 0 aliphatic heterocycles. The van der Waals surface area contributed by atoms with Gasteiger partial charge in [-0.15, -0.1) is 22.7 Å². The Morgan fingerprint density at radius 2 is 1.58 bits per heavy atom. The third-order valence-electron chi connectivity index (χ3n) is 3.33. The highest BCUT2D eigenvalue weighted by atomic mass is 32.1. The van der Waals surface area contributed by atoms with Crippen LogP contribution >= 0.6 is 22.7 Å². The van der Waals surface area contributed by atoms with Crippen molar-refractivity contribution < 1.29 is 0 Å². The minimum atomic E-state index is 0.184. The van der Waals surface area contributed by atoms with Crippen LogP contribution in [0, 0.1) is 6.92 Å². The smallest absolute Gasteiger partial charge is 0.0459 e. The van der Waals surface area contributed by atoms with Gasteiger partial charge in [0.25, 0.3) is 0 Å². The van der Waals surface area contributed by atoms with E-state index in [1.54, 1.807) is 0 Å². The first-order chi connectivity index (χ1) is 8.95. The molecule has 0 spiro atoms. The number of benzene rings is 1. The molecular formula is C17H18S2. The maximum Gasteiger partial charge on any atom is 0.0459 e. The highest BCUT2D eigenvalue weighted by molar-refractivity contribution is 7.29. The Bertz CT molecular complexity index is 692. The lowest BCUT2D eigenvalue weighted by molar-refractivity contribution is 0.592. The van der Waals surface area contributed by atoms with E-state index in [9.17, 15) is 0 Å². The van der Waals surface area contributed by atoms with Gasteiger partial charge >= 0.3 is 0 Å². The Morgan fingerprint density at radius 1 is 0.895 bits per heavy atom. The Morgan fingerprint density at radius 3 is 2.26 bits per heavy atom. The van der Waals surface area contributed by atoms with Gasteiger partial charge in [0.15, 0.2) is 0 Å². The summed E-state index contributed by atoms with van der Waals surface area (Å²) < 4.78 is 2.84. The molecular weight excluding hydrogens is 268 g/mol. The van der Waals surface area contributed by atoms with Gasteiger partial charge in [-0.2, -0.15) is 0 Å². The van der Waals surface area contributed by atoms with E-state index in [2.05, 4.69) is 64.1 Å². The lowest BCUT2D eigenvalue weighted by Gasteiger charge is -2.22. The third kappa shape index (κ3) is 2.35. The second-order valence-electron chi connectivity index (χ2n) is 5.99. The molecule has 3 rings (SSSR count). The van der Waals surface area contributed by atoms with Gasteiger partial charge in [0.1, 0.15) is 0 Å². The molecule has 19 heavy (non-hydrogen) atoms. The number of aryl methyl sites for hydroxylation is 1. The Labute approximate surface area is 122 Å². The predicted octanol–water partition coefficient (Wildman–Crippen LogP) is 6.24. The molecule has 0 aliphatic carbocycles. The van der Waals surface area contributed by atoms with Crippen molar-refractivity contribution in [3.63, 3.8) is 0 Å². The molecule has 0 amide bonds. The number of fused-ring (bicyclic) bond motifs is 1. The van der Waals surface area contributed by atoms with E-state index in [0.29, 0.717) is 0 Å². The monoisotopic (exact) mass is 286 g/mol. The predicted molar refractivity (Wildman–Crippen MR) is 88.6 cm³/mol. The quantitative estimate of drug-likeness (QED) is 0.497. The summed E-state index contributed by atoms with van der Waals surface area (Å²) in [6.07, 6.45) is 0. The molecule has 98 valence electrons. The van der Waals surface area contributed by atoms with E-state index in [0.717, 1.165) is 0 Å². The fraction of sp³-hybridized carbons (Fsp3) is 0.294. The van der Waals surface area contributed by atoms with E-state index in [-0.39, 0.29) is 5.41 Å². The van der Waals surface area contributed by atoms with Crippen LogP contribution in [0.4, 0.5) is 0 Å². The second-order valence-corrected chi connectivity index (χ2v) is 8.36. The molecule has 0 saturated carbocycles. The standard InChI is InChI=1S/C17H18S2/c1-11-9-15-16(18-11)10-14(19-15)12-7-5-6-8-13(12)17(2,3)4/h5-10H,1-4H3. The Kier molecular flexibility index (Phi) is 3.03. The van der Waals surface area contributed by atoms with Crippen molar-refractivity contribution in [3.8, 4) is 10.4 Å². The zero-order chi connectivity index (χ0) is 13.6. The highest BCUT2D eigenvalue weighted by Crippen LogP contribution is 2.41. The minimum Gasteiger partial charge on any atom is -0.140 e. The summed E-state index contributed by atoms with van der Waals surface area (Å²) in [6.45, 7) is 9.03. The molecule has 0 unspecified atom stereocenters. The van der Waals surface area contributed by atoms with Gasteiger partial charge in [0, 0.05) is 19.2 Å². The van der Waals surface area contributed by atoms with E-state index < -0.39 is 0 Å². The number of hydrogen-bond acceptors (Lipinski definition) is 2. The van der Waals surface area contributed by atoms with Crippen LogP contribution in [0.2, 0.25) is 0 Å². The normalized spacial score (nSPS) is 12.2. The molecule has 0 fully saturated rings. The largest absolute Gasteiger partial charge is 0.140 e. The zero-order valence-electron chi connectivity index (χ0n) is 11.8. The van der Waals surface area contributed by atoms with Gasteiger partial charge in [0.05, 0.1) is 0 Å². The van der Waals surface area contributed by atoms with Crippen molar-refractivity contribution in [2.45, 2.75) is 33.1 Å². The molecule has 0 atom stereocenters. The average Bonchev–Trinajstić information content (AvgIpc) is 2.85. The zero-order valence-corrected chi connectivity index (χ0v) is 13.4. The first kappa shape index (κ1) is 12.9. The van der Waals surface area contributed by atoms with Crippen LogP contribution in [0.1, 0.15) is 31.2 Å². The van der Waals surface area contributed by atoms with E-state index in [1.807, 2.05) is 22.7 Å². The van der Waals surface area contributed by atoms with Crippen LogP contribution in [0.15, 0.2) is 36.4 Å². The van der Waals surface area contributed by atoms with Gasteiger partial charge in [-0.25, -0.2) is 0 Å². The SMILES string of the molecule is Cc1cc2sc(-c3ccccc3C(C)(C)C)cc2s1. The Hall–Kier alpha value is -1.12. The fourth-order valence-corrected chi connectivity index (χ4v) is 4.80. The summed E-state index contributed by atoms with van der Waals surface area (Å²) >= 11 is 3.80. The molecule has 0 aliphatic rings. The van der Waals surface area contributed by atoms with Gasteiger partial charge < -0.3 is 0 Å². The summed E-state index contributed by atoms with van der Waals surface area (Å²) in [5.74, 6) is 0. The van der Waals surface area contributed by atoms with Crippen LogP contribution in [0.5, 0.6) is 0 Å². The van der Waals surface area contributed by atoms with Crippen LogP contribution in [0.3, 0.4) is 0 Å². The number of thiophene rings is 2. The lowest BCUT2D eigenvalue weighted by atomic mass is 9.83. The van der Waals surface area contributed by atoms with E-state index in [1.165, 1.54) is 30.3 Å². The van der Waals surface area contributed by atoms with Crippen molar-refractivity contribution in [3.05, 3.63) is 46.8 Å². The van der Waals surface area contributed by atoms with E-state index >= 15 is 0 Å². The molecule has 2 aromatic heterocycles. The van der Waals surface area contributed by atoms with Gasteiger partial charge in [-0.05, 0) is 35.6 Å². The van der Waals surface area contributed by atoms with Crippen molar-refractivity contribution in [1.29, 1.82) is 0 Å². The van der Waals surface area contributed by atoms with E-state index in [4.69, 9.17) is 0 Å². The maximum atomic E-state index is 2.35. The van der Waals surface area contributed by atoms with Crippen LogP contribution < -0.4 is 0 Å². The van der Waals surface area contributed by atoms with Crippen molar-refractivity contribution >= 4 is 32.1 Å². The maximum absolute atomic E-state index is 2.35. The van der Waals surface area contributed by atoms with Gasteiger partial charge in [-0.3, -0.25) is 0 Å². The first-order valence-corrected chi connectivity index (χ1v) is 8.18. The molecule has 0 radical (unpaired) electrons. The summed E-state index contributed by atoms with van der Waals surface area (Å²) in [4.78, 5) is 2.80. The van der Waals surface area contributed by atoms with Crippen molar-refractivity contribution in [1.82, 2.24) is 0 Å². The van der Waals surface area contributed by atoms with Gasteiger partial charge in [-0.1, -0.05) is 45.0 Å². The first-order valence-electron chi connectivity index (χ1n) is 6.55. The van der Waals surface area contributed by atoms with Crippen molar-refractivity contribution in [2.75, 3.05) is 0 Å². The summed E-state index contributed by atoms with van der Waals surface area (Å²) in [5, 5.41) is 0. The second kappa shape index (κ2) is 4.46. The highest BCUT2D eigenvalue weighted by Gasteiger charge is 2.19. The molecule has 3 aromatic rings.